The fraction of sp³-hybridized carbons (Fsp3) is 0.182. The normalized spacial score (nSPS) is 11.4. The van der Waals surface area contributed by atoms with Gasteiger partial charge in [-0.25, -0.2) is 0 Å². The Morgan fingerprint density at radius 2 is 1.12 bits per heavy atom. The van der Waals surface area contributed by atoms with Crippen molar-refractivity contribution in [1.29, 1.82) is 0 Å². The molecule has 0 nitrogen and oxygen atoms in total. The first-order chi connectivity index (χ1) is 11.7. The number of unbranched alkanes of at least 4 members (excludes halogenated alkanes) is 1. The molecule has 3 rings (SSSR count). The van der Waals surface area contributed by atoms with Crippen LogP contribution in [0.4, 0.5) is 0 Å². The van der Waals surface area contributed by atoms with Crippen molar-refractivity contribution in [3.63, 3.8) is 0 Å². The summed E-state index contributed by atoms with van der Waals surface area (Å²) in [7, 11) is -2.46. The number of halogens is 1. The van der Waals surface area contributed by atoms with Crippen LogP contribution in [0.2, 0.25) is 0 Å². The highest BCUT2D eigenvalue weighted by atomic mass is 35.6. The van der Waals surface area contributed by atoms with E-state index in [9.17, 15) is 0 Å². The van der Waals surface area contributed by atoms with E-state index in [1.165, 1.54) is 34.0 Å². The molecule has 3 aromatic carbocycles. The summed E-state index contributed by atoms with van der Waals surface area (Å²) in [5.74, 6) is 0. The predicted molar refractivity (Wildman–Crippen MR) is 108 cm³/mol. The van der Waals surface area contributed by atoms with Crippen molar-refractivity contribution >= 4 is 34.0 Å². The molecule has 0 heterocycles. The molecule has 0 aliphatic heterocycles. The van der Waals surface area contributed by atoms with Crippen LogP contribution in [0.1, 0.15) is 25.3 Å². The van der Waals surface area contributed by atoms with Crippen LogP contribution in [-0.2, 0) is 6.42 Å². The minimum absolute atomic E-state index is 1.14. The average Bonchev–Trinajstić information content (AvgIpc) is 2.67. The Morgan fingerprint density at radius 1 is 0.667 bits per heavy atom. The minimum Gasteiger partial charge on any atom is -0.149 e. The number of aryl methyl sites for hydroxylation is 1. The molecule has 3 aromatic rings. The lowest BCUT2D eigenvalue weighted by Gasteiger charge is -2.26. The Labute approximate surface area is 150 Å². The summed E-state index contributed by atoms with van der Waals surface area (Å²) in [5, 5.41) is 3.72. The van der Waals surface area contributed by atoms with E-state index in [2.05, 4.69) is 79.7 Å². The topological polar surface area (TPSA) is 0 Å². The quantitative estimate of drug-likeness (QED) is 0.354. The first kappa shape index (κ1) is 17.0. The number of rotatable bonds is 6. The molecule has 0 saturated carbocycles. The van der Waals surface area contributed by atoms with Crippen LogP contribution in [0.25, 0.3) is 0 Å². The van der Waals surface area contributed by atoms with Crippen molar-refractivity contribution in [1.82, 2.24) is 0 Å². The molecular weight excluding hydrogens is 328 g/mol. The van der Waals surface area contributed by atoms with Gasteiger partial charge in [-0.3, -0.25) is 0 Å². The number of benzene rings is 3. The number of hydrogen-bond acceptors (Lipinski definition) is 0. The average molecular weight is 351 g/mol. The molecule has 0 radical (unpaired) electrons. The van der Waals surface area contributed by atoms with Crippen LogP contribution in [0.5, 0.6) is 0 Å². The van der Waals surface area contributed by atoms with Gasteiger partial charge in [-0.1, -0.05) is 98.3 Å². The summed E-state index contributed by atoms with van der Waals surface area (Å²) >= 11 is 7.41. The fourth-order valence-electron chi connectivity index (χ4n) is 3.12. The molecule has 0 spiro atoms. The van der Waals surface area contributed by atoms with Crippen LogP contribution in [0.3, 0.4) is 0 Å². The van der Waals surface area contributed by atoms with Gasteiger partial charge in [0.15, 0.2) is 0 Å². The lowest BCUT2D eigenvalue weighted by atomic mass is 10.1. The van der Waals surface area contributed by atoms with Gasteiger partial charge in [0.05, 0.1) is 0 Å². The molecule has 0 N–H and O–H groups in total. The Balaban J connectivity index is 2.06. The van der Waals surface area contributed by atoms with E-state index >= 15 is 0 Å². The van der Waals surface area contributed by atoms with Gasteiger partial charge in [0.1, 0.15) is 0 Å². The highest BCUT2D eigenvalue weighted by molar-refractivity contribution is 7.40. The minimum atomic E-state index is -2.46. The van der Waals surface area contributed by atoms with Gasteiger partial charge in [-0.15, -0.1) is 11.1 Å². The molecule has 0 atom stereocenters. The van der Waals surface area contributed by atoms with E-state index < -0.39 is 7.38 Å². The highest BCUT2D eigenvalue weighted by Gasteiger charge is 2.37. The van der Waals surface area contributed by atoms with Crippen molar-refractivity contribution in [2.45, 2.75) is 26.2 Å². The molecule has 0 saturated heterocycles. The second kappa shape index (κ2) is 7.83. The standard InChI is InChI=1S/C22H23ClSi/c1-2-3-10-19-15-17-22(18-16-19)24(23,20-11-6-4-7-12-20)21-13-8-5-9-14-21/h4-9,11-18H,2-3,10H2,1H3. The van der Waals surface area contributed by atoms with E-state index in [-0.39, 0.29) is 0 Å². The zero-order chi connectivity index (χ0) is 16.8. The van der Waals surface area contributed by atoms with E-state index in [1.54, 1.807) is 0 Å². The molecule has 0 aliphatic rings. The van der Waals surface area contributed by atoms with Gasteiger partial charge in [0.25, 0.3) is 0 Å². The molecule has 24 heavy (non-hydrogen) atoms. The predicted octanol–water partition coefficient (Wildman–Crippen LogP) is 4.23. The van der Waals surface area contributed by atoms with E-state index in [1.807, 2.05) is 12.1 Å². The Bertz CT molecular complexity index is 711. The molecular formula is C22H23ClSi. The van der Waals surface area contributed by atoms with Crippen LogP contribution < -0.4 is 15.6 Å². The molecule has 0 unspecified atom stereocenters. The Kier molecular flexibility index (Phi) is 5.54. The summed E-state index contributed by atoms with van der Waals surface area (Å²) in [4.78, 5) is 0. The first-order valence-corrected chi connectivity index (χ1v) is 11.7. The maximum atomic E-state index is 7.41. The van der Waals surface area contributed by atoms with Crippen LogP contribution in [0, 0.1) is 0 Å². The Hall–Kier alpha value is -1.83. The summed E-state index contributed by atoms with van der Waals surface area (Å²) in [6.45, 7) is 2.23. The van der Waals surface area contributed by atoms with Crippen molar-refractivity contribution < 1.29 is 0 Å². The van der Waals surface area contributed by atoms with Crippen molar-refractivity contribution in [3.05, 3.63) is 90.5 Å². The zero-order valence-corrected chi connectivity index (χ0v) is 15.8. The smallest absolute Gasteiger partial charge is 0.149 e. The maximum Gasteiger partial charge on any atom is 0.247 e. The lowest BCUT2D eigenvalue weighted by molar-refractivity contribution is 0.795. The largest absolute Gasteiger partial charge is 0.247 e. The molecule has 0 amide bonds. The summed E-state index contributed by atoms with van der Waals surface area (Å²) in [6, 6.07) is 30.1. The van der Waals surface area contributed by atoms with E-state index in [4.69, 9.17) is 11.1 Å². The molecule has 0 aliphatic carbocycles. The summed E-state index contributed by atoms with van der Waals surface area (Å²) in [6.07, 6.45) is 3.61. The third-order valence-corrected chi connectivity index (χ3v) is 9.86. The zero-order valence-electron chi connectivity index (χ0n) is 14.1. The Morgan fingerprint density at radius 3 is 1.58 bits per heavy atom. The van der Waals surface area contributed by atoms with Gasteiger partial charge >= 0.3 is 0 Å². The lowest BCUT2D eigenvalue weighted by Crippen LogP contribution is -2.62. The number of hydrogen-bond donors (Lipinski definition) is 0. The van der Waals surface area contributed by atoms with Gasteiger partial charge in [-0.2, -0.15) is 0 Å². The van der Waals surface area contributed by atoms with E-state index in [0.717, 1.165) is 6.42 Å². The maximum absolute atomic E-state index is 7.41. The monoisotopic (exact) mass is 350 g/mol. The van der Waals surface area contributed by atoms with Crippen LogP contribution in [0.15, 0.2) is 84.9 Å². The van der Waals surface area contributed by atoms with Crippen molar-refractivity contribution in [2.75, 3.05) is 0 Å². The van der Waals surface area contributed by atoms with Crippen LogP contribution in [-0.4, -0.2) is 7.38 Å². The highest BCUT2D eigenvalue weighted by Crippen LogP contribution is 2.13. The van der Waals surface area contributed by atoms with Crippen molar-refractivity contribution in [3.8, 4) is 0 Å². The molecule has 0 aromatic heterocycles. The molecule has 0 fully saturated rings. The van der Waals surface area contributed by atoms with Gasteiger partial charge in [0.2, 0.25) is 7.38 Å². The summed E-state index contributed by atoms with van der Waals surface area (Å²) < 4.78 is 0. The molecule has 0 bridgehead atoms. The summed E-state index contributed by atoms with van der Waals surface area (Å²) in [5.41, 5.74) is 1.40. The first-order valence-electron chi connectivity index (χ1n) is 8.64. The van der Waals surface area contributed by atoms with Crippen molar-refractivity contribution in [2.24, 2.45) is 0 Å². The third kappa shape index (κ3) is 3.48. The van der Waals surface area contributed by atoms with Crippen LogP contribution >= 0.6 is 11.1 Å². The van der Waals surface area contributed by atoms with E-state index in [0.29, 0.717) is 0 Å². The van der Waals surface area contributed by atoms with Gasteiger partial charge < -0.3 is 0 Å². The van der Waals surface area contributed by atoms with Gasteiger partial charge in [-0.05, 0) is 34.0 Å². The SMILES string of the molecule is CCCCc1ccc([Si](Cl)(c2ccccc2)c2ccccc2)cc1. The second-order valence-electron chi connectivity index (χ2n) is 6.19. The molecule has 2 heteroatoms. The van der Waals surface area contributed by atoms with Gasteiger partial charge in [0, 0.05) is 0 Å². The molecule has 122 valence electrons. The fourth-order valence-corrected chi connectivity index (χ4v) is 7.18. The second-order valence-corrected chi connectivity index (χ2v) is 10.9. The third-order valence-electron chi connectivity index (χ3n) is 4.51.